The molecule has 0 aromatic carbocycles. The van der Waals surface area contributed by atoms with Gasteiger partial charge in [-0.15, -0.1) is 0 Å². The van der Waals surface area contributed by atoms with Crippen LogP contribution in [0.1, 0.15) is 110 Å². The van der Waals surface area contributed by atoms with Crippen molar-refractivity contribution in [1.29, 1.82) is 0 Å². The second-order valence-electron chi connectivity index (χ2n) is 11.2. The van der Waals surface area contributed by atoms with Crippen LogP contribution in [0.25, 0.3) is 0 Å². The van der Waals surface area contributed by atoms with Gasteiger partial charge in [-0.2, -0.15) is 0 Å². The third-order valence-corrected chi connectivity index (χ3v) is 8.62. The zero-order valence-electron chi connectivity index (χ0n) is 25.5. The molecule has 0 aliphatic carbocycles. The van der Waals surface area contributed by atoms with Gasteiger partial charge in [0.15, 0.2) is 0 Å². The fourth-order valence-corrected chi connectivity index (χ4v) is 5.49. The summed E-state index contributed by atoms with van der Waals surface area (Å²) in [6.45, 7) is 7.23. The predicted octanol–water partition coefficient (Wildman–Crippen LogP) is 6.71. The number of likely N-dealkylation sites (N-methyl/N-ethyl adjacent to an activating group) is 1. The molecule has 1 heterocycles. The second-order valence-corrected chi connectivity index (χ2v) is 12.7. The molecule has 2 unspecified atom stereocenters. The molecule has 0 amide bonds. The summed E-state index contributed by atoms with van der Waals surface area (Å²) >= 11 is 0. The Labute approximate surface area is 239 Å². The number of nitrogens with zero attached hydrogens (tertiary/aromatic N) is 1. The van der Waals surface area contributed by atoms with Crippen LogP contribution in [0.5, 0.6) is 0 Å². The smallest absolute Gasteiger partial charge is 0.472 e. The van der Waals surface area contributed by atoms with Crippen molar-refractivity contribution in [2.45, 2.75) is 116 Å². The van der Waals surface area contributed by atoms with Crippen molar-refractivity contribution < 1.29 is 42.7 Å². The third kappa shape index (κ3) is 23.2. The van der Waals surface area contributed by atoms with Crippen LogP contribution in [0, 0.1) is 0 Å². The molecule has 1 fully saturated rings. The lowest BCUT2D eigenvalue weighted by atomic mass is 10.0. The highest BCUT2D eigenvalue weighted by atomic mass is 31.2. The molecular weight excluding hydrogens is 521 g/mol. The molecule has 0 radical (unpaired) electrons. The highest BCUT2D eigenvalue weighted by Crippen LogP contribution is 2.43. The summed E-state index contributed by atoms with van der Waals surface area (Å²) in [7, 11) is -0.454. The van der Waals surface area contributed by atoms with Crippen molar-refractivity contribution in [2.24, 2.45) is 0 Å². The summed E-state index contributed by atoms with van der Waals surface area (Å²) in [5, 5.41) is 0. The Hall–Kier alpha value is -0.0900. The van der Waals surface area contributed by atoms with Gasteiger partial charge in [-0.1, -0.05) is 103 Å². The lowest BCUT2D eigenvalue weighted by molar-refractivity contribution is -0.916. The van der Waals surface area contributed by atoms with E-state index in [1.807, 2.05) is 0 Å². The lowest BCUT2D eigenvalue weighted by Gasteiger charge is -2.37. The molecule has 0 spiro atoms. The van der Waals surface area contributed by atoms with Gasteiger partial charge in [0.25, 0.3) is 0 Å². The minimum Gasteiger partial charge on any atom is -0.870 e. The topological polar surface area (TPSA) is 113 Å². The number of ether oxygens (including phenoxy) is 3. The van der Waals surface area contributed by atoms with Crippen LogP contribution in [0.3, 0.4) is 0 Å². The fourth-order valence-electron chi connectivity index (χ4n) is 4.75. The number of methoxy groups -OCH3 is 1. The SMILES string of the molecule is CCCCCCCCCCCCCCCCCCOCC(COP(=O)(O)OCC[N+]1(C)CCOCC1)OC.[OH-]. The maximum atomic E-state index is 12.2. The van der Waals surface area contributed by atoms with E-state index in [4.69, 9.17) is 23.3 Å². The van der Waals surface area contributed by atoms with Gasteiger partial charge >= 0.3 is 7.82 Å². The maximum Gasteiger partial charge on any atom is 0.472 e. The maximum absolute atomic E-state index is 12.2. The first-order valence-corrected chi connectivity index (χ1v) is 17.0. The van der Waals surface area contributed by atoms with Crippen molar-refractivity contribution >= 4 is 7.82 Å². The number of hydrogen-bond acceptors (Lipinski definition) is 7. The summed E-state index contributed by atoms with van der Waals surface area (Å²) in [4.78, 5) is 9.98. The van der Waals surface area contributed by atoms with E-state index in [0.29, 0.717) is 33.0 Å². The Morgan fingerprint density at radius 2 is 1.26 bits per heavy atom. The monoisotopic (exact) mass is 583 g/mol. The van der Waals surface area contributed by atoms with Crippen molar-refractivity contribution in [3.8, 4) is 0 Å². The van der Waals surface area contributed by atoms with Crippen molar-refractivity contribution in [3.63, 3.8) is 0 Å². The molecule has 2 N–H and O–H groups in total. The standard InChI is InChI=1S/C29H60NO7P.H2O/c1-4-5-6-7-8-9-10-11-12-13-14-15-16-17-18-19-23-35-27-29(33-3)28-37-38(31,32)36-26-22-30(2)20-24-34-25-21-30;/h29H,4-28H2,1-3H3;1H2. The van der Waals surface area contributed by atoms with E-state index in [1.54, 1.807) is 7.11 Å². The van der Waals surface area contributed by atoms with E-state index in [1.165, 1.54) is 96.3 Å². The zero-order valence-corrected chi connectivity index (χ0v) is 26.4. The molecule has 0 bridgehead atoms. The van der Waals surface area contributed by atoms with E-state index in [2.05, 4.69) is 14.0 Å². The molecule has 1 aliphatic heterocycles. The number of phosphoric acid groups is 1. The normalized spacial score (nSPS) is 17.4. The van der Waals surface area contributed by atoms with Gasteiger partial charge in [0, 0.05) is 13.7 Å². The molecule has 10 heteroatoms. The molecule has 9 nitrogen and oxygen atoms in total. The molecule has 236 valence electrons. The van der Waals surface area contributed by atoms with Crippen LogP contribution < -0.4 is 0 Å². The third-order valence-electron chi connectivity index (χ3n) is 7.64. The number of hydrogen-bond donors (Lipinski definition) is 1. The predicted molar refractivity (Wildman–Crippen MR) is 156 cm³/mol. The average molecular weight is 584 g/mol. The molecular formula is C29H62NO8P. The summed E-state index contributed by atoms with van der Waals surface area (Å²) in [6.07, 6.45) is 21.2. The minimum absolute atomic E-state index is 0. The summed E-state index contributed by atoms with van der Waals surface area (Å²) in [5.41, 5.74) is 0. The molecule has 1 rings (SSSR count). The molecule has 1 saturated heterocycles. The molecule has 0 aromatic rings. The Bertz CT molecular complexity index is 577. The quantitative estimate of drug-likeness (QED) is 0.0645. The summed E-state index contributed by atoms with van der Waals surface area (Å²) < 4.78 is 39.7. The second kappa shape index (κ2) is 25.6. The van der Waals surface area contributed by atoms with E-state index < -0.39 is 13.9 Å². The highest BCUT2D eigenvalue weighted by molar-refractivity contribution is 7.47. The highest BCUT2D eigenvalue weighted by Gasteiger charge is 2.28. The van der Waals surface area contributed by atoms with Crippen molar-refractivity contribution in [3.05, 3.63) is 0 Å². The van der Waals surface area contributed by atoms with E-state index >= 15 is 0 Å². The number of morpholine rings is 1. The van der Waals surface area contributed by atoms with Gasteiger partial charge < -0.3 is 29.1 Å². The Balaban J connectivity index is 0.0000144. The first-order valence-electron chi connectivity index (χ1n) is 15.5. The van der Waals surface area contributed by atoms with Gasteiger partial charge in [0.1, 0.15) is 32.3 Å². The number of rotatable bonds is 27. The average Bonchev–Trinajstić information content (AvgIpc) is 2.90. The van der Waals surface area contributed by atoms with Gasteiger partial charge in [-0.05, 0) is 6.42 Å². The van der Waals surface area contributed by atoms with Crippen molar-refractivity contribution in [2.75, 3.05) is 73.4 Å². The summed E-state index contributed by atoms with van der Waals surface area (Å²) in [5.74, 6) is 0. The van der Waals surface area contributed by atoms with Gasteiger partial charge in [-0.3, -0.25) is 9.05 Å². The van der Waals surface area contributed by atoms with Crippen molar-refractivity contribution in [1.82, 2.24) is 0 Å². The van der Waals surface area contributed by atoms with Crippen LogP contribution in [0.4, 0.5) is 0 Å². The van der Waals surface area contributed by atoms with Gasteiger partial charge in [0.05, 0.1) is 33.5 Å². The van der Waals surface area contributed by atoms with Crippen LogP contribution >= 0.6 is 7.82 Å². The van der Waals surface area contributed by atoms with E-state index in [-0.39, 0.29) is 18.7 Å². The fraction of sp³-hybridized carbons (Fsp3) is 1.00. The molecule has 2 atom stereocenters. The lowest BCUT2D eigenvalue weighted by Crippen LogP contribution is -2.53. The van der Waals surface area contributed by atoms with Crippen LogP contribution in [0.15, 0.2) is 0 Å². The Kier molecular flexibility index (Phi) is 25.5. The Morgan fingerprint density at radius 1 is 0.769 bits per heavy atom. The minimum atomic E-state index is -4.11. The largest absolute Gasteiger partial charge is 0.870 e. The van der Waals surface area contributed by atoms with E-state index in [0.717, 1.165) is 24.0 Å². The van der Waals surface area contributed by atoms with E-state index in [9.17, 15) is 9.46 Å². The Morgan fingerprint density at radius 3 is 1.74 bits per heavy atom. The summed E-state index contributed by atoms with van der Waals surface area (Å²) in [6, 6.07) is 0. The van der Waals surface area contributed by atoms with Crippen LogP contribution in [-0.2, 0) is 27.8 Å². The van der Waals surface area contributed by atoms with Gasteiger partial charge in [0.2, 0.25) is 0 Å². The molecule has 1 aliphatic rings. The number of quaternary nitrogens is 1. The van der Waals surface area contributed by atoms with Crippen LogP contribution in [0.2, 0.25) is 0 Å². The van der Waals surface area contributed by atoms with Gasteiger partial charge in [-0.25, -0.2) is 4.57 Å². The number of unbranched alkanes of at least 4 members (excludes halogenated alkanes) is 15. The number of phosphoric ester groups is 1. The first-order chi connectivity index (χ1) is 18.4. The zero-order chi connectivity index (χ0) is 27.8. The molecule has 0 saturated carbocycles. The molecule has 0 aromatic heterocycles. The molecule has 39 heavy (non-hydrogen) atoms. The first kappa shape index (κ1) is 38.9. The van der Waals surface area contributed by atoms with Crippen LogP contribution in [-0.4, -0.2) is 94.4 Å².